The maximum atomic E-state index is 13.5. The van der Waals surface area contributed by atoms with Crippen molar-refractivity contribution in [3.63, 3.8) is 0 Å². The molecule has 18 heteroatoms. The summed E-state index contributed by atoms with van der Waals surface area (Å²) in [6.07, 6.45) is -14.4. The zero-order valence-electron chi connectivity index (χ0n) is 20.8. The normalized spacial score (nSPS) is 35.6. The Balaban J connectivity index is 2.55. The van der Waals surface area contributed by atoms with Gasteiger partial charge in [0.25, 0.3) is 0 Å². The van der Waals surface area contributed by atoms with Crippen molar-refractivity contribution >= 4 is 33.9 Å². The molecule has 0 aliphatic carbocycles. The van der Waals surface area contributed by atoms with Crippen LogP contribution >= 0.6 is 0 Å². The van der Waals surface area contributed by atoms with E-state index in [2.05, 4.69) is 0 Å². The third-order valence-electron chi connectivity index (χ3n) is 5.46. The van der Waals surface area contributed by atoms with Gasteiger partial charge in [-0.15, -0.1) is 0 Å². The summed E-state index contributed by atoms with van der Waals surface area (Å²) >= 11 is 0. The van der Waals surface area contributed by atoms with E-state index in [-0.39, 0.29) is 0 Å². The molecule has 1 unspecified atom stereocenters. The molecule has 10 atom stereocenters. The molecule has 0 radical (unpaired) electrons. The summed E-state index contributed by atoms with van der Waals surface area (Å²) in [5.41, 5.74) is -2.27. The molecule has 0 spiro atoms. The molecule has 0 aromatic carbocycles. The predicted molar refractivity (Wildman–Crippen MR) is 118 cm³/mol. The molecule has 38 heavy (non-hydrogen) atoms. The first-order chi connectivity index (χ1) is 17.6. The SMILES string of the molecule is CC(=O)OC[C@H]1O[C@@H](S(=O)(=O)N[C@H]2[C@H](O)[C@@H](CO)OC(O)[C@@H]2O)[C@H](OC(C)=O)[C@@H](OC(C)=O)[C@@H]1OC(C)=O. The van der Waals surface area contributed by atoms with Gasteiger partial charge in [0.2, 0.25) is 15.5 Å². The van der Waals surface area contributed by atoms with Crippen LogP contribution in [0.1, 0.15) is 27.7 Å². The van der Waals surface area contributed by atoms with Crippen molar-refractivity contribution in [2.45, 2.75) is 88.2 Å². The van der Waals surface area contributed by atoms with Crippen LogP contribution in [0.25, 0.3) is 0 Å². The van der Waals surface area contributed by atoms with Gasteiger partial charge >= 0.3 is 23.9 Å². The molecule has 0 bridgehead atoms. The molecule has 0 aromatic heterocycles. The van der Waals surface area contributed by atoms with Crippen LogP contribution < -0.4 is 4.72 Å². The molecule has 2 heterocycles. The Hall–Kier alpha value is -2.45. The summed E-state index contributed by atoms with van der Waals surface area (Å²) in [7, 11) is -4.98. The van der Waals surface area contributed by atoms with Gasteiger partial charge in [-0.05, 0) is 0 Å². The van der Waals surface area contributed by atoms with Gasteiger partial charge in [0.15, 0.2) is 24.6 Å². The van der Waals surface area contributed by atoms with E-state index in [1.807, 2.05) is 4.72 Å². The summed E-state index contributed by atoms with van der Waals surface area (Å²) in [5, 5.41) is 39.9. The van der Waals surface area contributed by atoms with Crippen LogP contribution in [0.5, 0.6) is 0 Å². The summed E-state index contributed by atoms with van der Waals surface area (Å²) in [6.45, 7) is 2.30. The standard InChI is InChI=1S/C20H31NO16S/c1-7(23)32-6-12-16(33-8(2)24)17(34-9(3)25)18(35-10(4)26)20(37-12)38(30,31)21-13-14(27)11(5-22)36-19(29)15(13)28/h11-22,27-29H,5-6H2,1-4H3/t11-,12-,13+,14-,15-,16-,17+,18-,19?,20+/m1/s1. The highest BCUT2D eigenvalue weighted by atomic mass is 32.2. The van der Waals surface area contributed by atoms with Crippen molar-refractivity contribution in [3.8, 4) is 0 Å². The van der Waals surface area contributed by atoms with Gasteiger partial charge in [-0.1, -0.05) is 0 Å². The monoisotopic (exact) mass is 573 g/mol. The number of hydrogen-bond acceptors (Lipinski definition) is 16. The first-order valence-corrected chi connectivity index (χ1v) is 12.8. The highest BCUT2D eigenvalue weighted by Crippen LogP contribution is 2.32. The van der Waals surface area contributed by atoms with Crippen molar-refractivity contribution in [1.29, 1.82) is 0 Å². The summed E-state index contributed by atoms with van der Waals surface area (Å²) in [4.78, 5) is 47.0. The zero-order valence-corrected chi connectivity index (χ0v) is 21.6. The molecular formula is C20H31NO16S. The fourth-order valence-corrected chi connectivity index (χ4v) is 5.58. The Kier molecular flexibility index (Phi) is 10.9. The minimum absolute atomic E-state index is 0.697. The van der Waals surface area contributed by atoms with E-state index >= 15 is 0 Å². The Morgan fingerprint density at radius 1 is 0.763 bits per heavy atom. The summed E-state index contributed by atoms with van der Waals surface area (Å²) in [5.74, 6) is -3.80. The fraction of sp³-hybridized carbons (Fsp3) is 0.800. The predicted octanol–water partition coefficient (Wildman–Crippen LogP) is -4.21. The molecule has 2 fully saturated rings. The molecular weight excluding hydrogens is 542 g/mol. The van der Waals surface area contributed by atoms with Crippen molar-refractivity contribution in [3.05, 3.63) is 0 Å². The number of aliphatic hydroxyl groups excluding tert-OH is 4. The number of nitrogens with one attached hydrogen (secondary N) is 1. The average Bonchev–Trinajstić information content (AvgIpc) is 2.79. The van der Waals surface area contributed by atoms with E-state index < -0.39 is 108 Å². The topological polar surface area (TPSA) is 251 Å². The van der Waals surface area contributed by atoms with Gasteiger partial charge in [-0.25, -0.2) is 13.1 Å². The Labute approximate surface area is 216 Å². The Morgan fingerprint density at radius 2 is 1.29 bits per heavy atom. The van der Waals surface area contributed by atoms with Crippen LogP contribution in [0, 0.1) is 0 Å². The lowest BCUT2D eigenvalue weighted by atomic mass is 9.97. The Bertz CT molecular complexity index is 988. The van der Waals surface area contributed by atoms with Crippen LogP contribution in [0.3, 0.4) is 0 Å². The van der Waals surface area contributed by atoms with Gasteiger partial charge in [-0.3, -0.25) is 19.2 Å². The van der Waals surface area contributed by atoms with E-state index in [0.29, 0.717) is 0 Å². The zero-order chi connectivity index (χ0) is 28.9. The molecule has 2 aliphatic heterocycles. The second-order valence-electron chi connectivity index (χ2n) is 8.49. The number of hydrogen-bond donors (Lipinski definition) is 5. The molecule has 2 rings (SSSR count). The van der Waals surface area contributed by atoms with Gasteiger partial charge in [0.1, 0.15) is 31.0 Å². The molecule has 0 aromatic rings. The maximum Gasteiger partial charge on any atom is 0.303 e. The lowest BCUT2D eigenvalue weighted by molar-refractivity contribution is -0.260. The molecule has 0 saturated carbocycles. The highest BCUT2D eigenvalue weighted by Gasteiger charge is 2.57. The summed E-state index contributed by atoms with van der Waals surface area (Å²) < 4.78 is 59.6. The minimum Gasteiger partial charge on any atom is -0.463 e. The maximum absolute atomic E-state index is 13.5. The van der Waals surface area contributed by atoms with E-state index in [9.17, 15) is 48.0 Å². The first kappa shape index (κ1) is 31.8. The van der Waals surface area contributed by atoms with E-state index in [4.69, 9.17) is 28.4 Å². The van der Waals surface area contributed by atoms with E-state index in [1.165, 1.54) is 0 Å². The average molecular weight is 574 g/mol. The smallest absolute Gasteiger partial charge is 0.303 e. The Morgan fingerprint density at radius 3 is 1.79 bits per heavy atom. The number of aliphatic hydroxyl groups is 4. The van der Waals surface area contributed by atoms with Crippen molar-refractivity contribution in [1.82, 2.24) is 4.72 Å². The second kappa shape index (κ2) is 13.1. The van der Waals surface area contributed by atoms with Crippen LogP contribution in [0.4, 0.5) is 0 Å². The third-order valence-corrected chi connectivity index (χ3v) is 7.05. The number of sulfonamides is 1. The van der Waals surface area contributed by atoms with E-state index in [0.717, 1.165) is 27.7 Å². The fourth-order valence-electron chi connectivity index (χ4n) is 3.94. The molecule has 0 amide bonds. The summed E-state index contributed by atoms with van der Waals surface area (Å²) in [6, 6.07) is -1.87. The third kappa shape index (κ3) is 7.79. The van der Waals surface area contributed by atoms with Gasteiger partial charge in [0, 0.05) is 27.7 Å². The molecule has 2 saturated heterocycles. The quantitative estimate of drug-likeness (QED) is 0.129. The van der Waals surface area contributed by atoms with E-state index in [1.54, 1.807) is 0 Å². The van der Waals surface area contributed by atoms with Gasteiger partial charge in [0.05, 0.1) is 12.6 Å². The molecule has 218 valence electrons. The number of rotatable bonds is 9. The van der Waals surface area contributed by atoms with Crippen molar-refractivity contribution in [2.75, 3.05) is 13.2 Å². The number of esters is 4. The number of carbonyl (C=O) groups excluding carboxylic acids is 4. The van der Waals surface area contributed by atoms with Crippen LogP contribution in [0.15, 0.2) is 0 Å². The van der Waals surface area contributed by atoms with Gasteiger partial charge < -0.3 is 48.8 Å². The first-order valence-electron chi connectivity index (χ1n) is 11.2. The largest absolute Gasteiger partial charge is 0.463 e. The molecule has 5 N–H and O–H groups in total. The van der Waals surface area contributed by atoms with Crippen LogP contribution in [0.2, 0.25) is 0 Å². The second-order valence-corrected chi connectivity index (χ2v) is 10.3. The lowest BCUT2D eigenvalue weighted by Gasteiger charge is -2.45. The molecule has 2 aliphatic rings. The minimum atomic E-state index is -4.98. The van der Waals surface area contributed by atoms with Gasteiger partial charge in [-0.2, -0.15) is 0 Å². The highest BCUT2D eigenvalue weighted by molar-refractivity contribution is 7.90. The number of ether oxygens (including phenoxy) is 6. The number of carbonyl (C=O) groups is 4. The lowest BCUT2D eigenvalue weighted by Crippen LogP contribution is -2.69. The van der Waals surface area contributed by atoms with Crippen LogP contribution in [-0.4, -0.2) is 126 Å². The van der Waals surface area contributed by atoms with Crippen molar-refractivity contribution in [2.24, 2.45) is 0 Å². The van der Waals surface area contributed by atoms with Crippen molar-refractivity contribution < 1.29 is 76.4 Å². The van der Waals surface area contributed by atoms with Crippen LogP contribution in [-0.2, 0) is 57.6 Å². The molecule has 17 nitrogen and oxygen atoms in total.